The van der Waals surface area contributed by atoms with E-state index in [1.807, 2.05) is 30.5 Å². The summed E-state index contributed by atoms with van der Waals surface area (Å²) >= 11 is 6.04. The monoisotopic (exact) mass is 325 g/mol. The van der Waals surface area contributed by atoms with Crippen molar-refractivity contribution in [3.63, 3.8) is 0 Å². The van der Waals surface area contributed by atoms with Crippen molar-refractivity contribution >= 4 is 28.2 Å². The van der Waals surface area contributed by atoms with Gasteiger partial charge in [-0.1, -0.05) is 25.4 Å². The topological polar surface area (TPSA) is 28.2 Å². The van der Waals surface area contributed by atoms with E-state index in [4.69, 9.17) is 11.6 Å². The van der Waals surface area contributed by atoms with Crippen molar-refractivity contribution in [1.82, 2.24) is 9.88 Å². The summed E-state index contributed by atoms with van der Waals surface area (Å²) in [5, 5.41) is 5.47. The number of rotatable bonds is 8. The first-order valence-electron chi connectivity index (χ1n) is 8.17. The lowest BCUT2D eigenvalue weighted by Gasteiger charge is -2.20. The van der Waals surface area contributed by atoms with E-state index < -0.39 is 0 Å². The highest BCUT2D eigenvalue weighted by Crippen LogP contribution is 2.25. The predicted molar refractivity (Wildman–Crippen MR) is 96.9 cm³/mol. The van der Waals surface area contributed by atoms with Crippen LogP contribution < -0.4 is 5.32 Å². The number of hydrogen-bond acceptors (Lipinski definition) is 3. The van der Waals surface area contributed by atoms with Crippen molar-refractivity contribution in [2.24, 2.45) is 0 Å². The second-order valence-corrected chi connectivity index (χ2v) is 6.17. The van der Waals surface area contributed by atoms with Crippen molar-refractivity contribution in [2.45, 2.75) is 39.7 Å². The first kappa shape index (κ1) is 17.0. The predicted octanol–water partition coefficient (Wildman–Crippen LogP) is 4.81. The van der Waals surface area contributed by atoms with Crippen molar-refractivity contribution in [2.75, 3.05) is 25.0 Å². The lowest BCUT2D eigenvalue weighted by atomic mass is 10.1. The summed E-state index contributed by atoms with van der Waals surface area (Å²) in [5.74, 6) is 0. The Morgan fingerprint density at radius 2 is 2.00 bits per heavy atom. The SMILES string of the molecule is CCN(CC)CCCC(C)Nc1ccn[13c]2[13cH][13c](Cl)[13cH][13cH][13c]12. The van der Waals surface area contributed by atoms with Crippen LogP contribution in [-0.2, 0) is 0 Å². The van der Waals surface area contributed by atoms with Gasteiger partial charge >= 0.3 is 0 Å². The molecule has 1 heterocycles. The quantitative estimate of drug-likeness (QED) is 0.755. The van der Waals surface area contributed by atoms with Crippen LogP contribution in [0.15, 0.2) is 30.5 Å². The van der Waals surface area contributed by atoms with Gasteiger partial charge in [0.25, 0.3) is 0 Å². The summed E-state index contributed by atoms with van der Waals surface area (Å²) in [6.45, 7) is 10.1. The maximum atomic E-state index is 6.04. The van der Waals surface area contributed by atoms with Gasteiger partial charge in [0.15, 0.2) is 0 Å². The van der Waals surface area contributed by atoms with E-state index >= 15 is 0 Å². The summed E-state index contributed by atoms with van der Waals surface area (Å²) in [4.78, 5) is 6.86. The number of pyridine rings is 1. The van der Waals surface area contributed by atoms with Gasteiger partial charge in [-0.2, -0.15) is 0 Å². The molecule has 1 unspecified atom stereocenters. The highest BCUT2D eigenvalue weighted by molar-refractivity contribution is 6.31. The van der Waals surface area contributed by atoms with Gasteiger partial charge in [-0.3, -0.25) is 4.98 Å². The van der Waals surface area contributed by atoms with E-state index in [2.05, 4.69) is 36.0 Å². The molecule has 0 fully saturated rings. The van der Waals surface area contributed by atoms with E-state index in [1.54, 1.807) is 0 Å². The van der Waals surface area contributed by atoms with Crippen LogP contribution in [0.1, 0.15) is 33.6 Å². The lowest BCUT2D eigenvalue weighted by molar-refractivity contribution is 0.295. The zero-order chi connectivity index (χ0) is 15.9. The number of fused-ring (bicyclic) bond motifs is 1. The Morgan fingerprint density at radius 3 is 2.73 bits per heavy atom. The number of benzene rings is 1. The van der Waals surface area contributed by atoms with Gasteiger partial charge in [0, 0.05) is 28.3 Å². The fourth-order valence-electron chi connectivity index (χ4n) is 2.75. The molecule has 1 atom stereocenters. The molecule has 1 aromatic carbocycles. The normalized spacial score (nSPS) is 12.8. The third-order valence-corrected chi connectivity index (χ3v) is 4.35. The Bertz CT molecular complexity index is 596. The molecule has 22 heavy (non-hydrogen) atoms. The zero-order valence-electron chi connectivity index (χ0n) is 13.8. The molecule has 2 aromatic rings. The minimum atomic E-state index is 0.442. The Morgan fingerprint density at radius 1 is 1.23 bits per heavy atom. The van der Waals surface area contributed by atoms with Gasteiger partial charge in [0.05, 0.1) is 5.52 Å². The van der Waals surface area contributed by atoms with Gasteiger partial charge in [0.1, 0.15) is 0 Å². The van der Waals surface area contributed by atoms with Crippen LogP contribution in [0.5, 0.6) is 0 Å². The number of anilines is 1. The van der Waals surface area contributed by atoms with Crippen molar-refractivity contribution in [1.29, 1.82) is 0 Å². The summed E-state index contributed by atoms with van der Waals surface area (Å²) in [6.07, 6.45) is 4.21. The Kier molecular flexibility index (Phi) is 6.47. The van der Waals surface area contributed by atoms with Crippen molar-refractivity contribution in [3.8, 4) is 0 Å². The summed E-state index contributed by atoms with van der Waals surface area (Å²) in [7, 11) is 0. The number of halogens is 1. The van der Waals surface area contributed by atoms with Crippen molar-refractivity contribution < 1.29 is 0 Å². The van der Waals surface area contributed by atoms with Crippen molar-refractivity contribution in [3.05, 3.63) is 35.5 Å². The van der Waals surface area contributed by atoms with Crippen LogP contribution in [0.3, 0.4) is 0 Å². The van der Waals surface area contributed by atoms with Gasteiger partial charge in [0.2, 0.25) is 0 Å². The minimum absolute atomic E-state index is 0.442. The molecular weight excluding hydrogens is 300 g/mol. The first-order valence-corrected chi connectivity index (χ1v) is 8.55. The largest absolute Gasteiger partial charge is 0.382 e. The van der Waals surface area contributed by atoms with Crippen LogP contribution in [0.25, 0.3) is 10.9 Å². The van der Waals surface area contributed by atoms with Crippen LogP contribution in [0, 0.1) is 0 Å². The van der Waals surface area contributed by atoms with Gasteiger partial charge in [-0.15, -0.1) is 0 Å². The molecule has 1 aromatic heterocycles. The molecular formula is C18H26ClN3. The summed E-state index contributed by atoms with van der Waals surface area (Å²) in [6, 6.07) is 8.35. The molecule has 0 aliphatic heterocycles. The maximum absolute atomic E-state index is 6.04. The Labute approximate surface area is 138 Å². The third kappa shape index (κ3) is 4.59. The minimum Gasteiger partial charge on any atom is -0.382 e. The highest BCUT2D eigenvalue weighted by atomic mass is 35.5. The summed E-state index contributed by atoms with van der Waals surface area (Å²) < 4.78 is 0. The second kappa shape index (κ2) is 8.35. The number of aromatic nitrogens is 1. The molecule has 0 bridgehead atoms. The molecule has 0 aliphatic carbocycles. The zero-order valence-corrected chi connectivity index (χ0v) is 14.5. The number of nitrogens with one attached hydrogen (secondary N) is 1. The van der Waals surface area contributed by atoms with E-state index in [0.717, 1.165) is 41.1 Å². The molecule has 1 N–H and O–H groups in total. The molecule has 4 heteroatoms. The second-order valence-electron chi connectivity index (χ2n) is 5.73. The summed E-state index contributed by atoms with van der Waals surface area (Å²) in [5.41, 5.74) is 2.07. The molecule has 0 amide bonds. The maximum Gasteiger partial charge on any atom is 0.0737 e. The van der Waals surface area contributed by atoms with Crippen LogP contribution in [0.2, 0.25) is 5.02 Å². The molecule has 0 saturated carbocycles. The fraction of sp³-hybridized carbons (Fsp3) is 0.500. The molecule has 2 rings (SSSR count). The molecule has 120 valence electrons. The molecule has 3 nitrogen and oxygen atoms in total. The van der Waals surface area contributed by atoms with E-state index in [1.165, 1.54) is 13.0 Å². The molecule has 0 aliphatic rings. The van der Waals surface area contributed by atoms with Gasteiger partial charge in [-0.05, 0) is 63.7 Å². The average Bonchev–Trinajstić information content (AvgIpc) is 2.51. The lowest BCUT2D eigenvalue weighted by Crippen LogP contribution is -2.25. The van der Waals surface area contributed by atoms with Gasteiger partial charge in [-0.25, -0.2) is 0 Å². The van der Waals surface area contributed by atoms with Crippen LogP contribution in [0.4, 0.5) is 5.69 Å². The van der Waals surface area contributed by atoms with E-state index in [0.29, 0.717) is 6.04 Å². The number of nitrogens with zero attached hydrogens (tertiary/aromatic N) is 2. The Hall–Kier alpha value is -1.32. The average molecular weight is 326 g/mol. The van der Waals surface area contributed by atoms with E-state index in [9.17, 15) is 0 Å². The van der Waals surface area contributed by atoms with Crippen LogP contribution in [-0.4, -0.2) is 35.6 Å². The smallest absolute Gasteiger partial charge is 0.0737 e. The molecule has 0 radical (unpaired) electrons. The highest BCUT2D eigenvalue weighted by Gasteiger charge is 2.07. The third-order valence-electron chi connectivity index (χ3n) is 4.11. The standard InChI is InChI=1S/C18H26ClN3/c1-4-22(5-2)12-6-7-14(3)21-17-10-11-20-18-13-15(19)8-9-16(17)18/h8-11,13-14H,4-7,12H2,1-3H3,(H,20,21)/i8+1,9+1,13+1,15+1,16+1,18+1. The van der Waals surface area contributed by atoms with Gasteiger partial charge < -0.3 is 10.2 Å². The Balaban J connectivity index is 1.95. The van der Waals surface area contributed by atoms with E-state index in [-0.39, 0.29) is 0 Å². The first-order chi connectivity index (χ1) is 10.6. The molecule has 0 saturated heterocycles. The fourth-order valence-corrected chi connectivity index (χ4v) is 2.91. The number of hydrogen-bond donors (Lipinski definition) is 1. The van der Waals surface area contributed by atoms with Crippen LogP contribution >= 0.6 is 11.6 Å². The molecule has 0 spiro atoms.